The van der Waals surface area contributed by atoms with Crippen LogP contribution in [0.5, 0.6) is 0 Å². The number of benzene rings is 3. The molecule has 1 aliphatic heterocycles. The summed E-state index contributed by atoms with van der Waals surface area (Å²) in [5.41, 5.74) is 1.58. The Hall–Kier alpha value is -3.53. The molecule has 2 heterocycles. The molecule has 2 fully saturated rings. The van der Waals surface area contributed by atoms with Gasteiger partial charge in [0.1, 0.15) is 0 Å². The molecule has 9 heteroatoms. The fraction of sp³-hybridized carbons (Fsp3) is 0.281. The van der Waals surface area contributed by atoms with Crippen molar-refractivity contribution in [3.8, 4) is 0 Å². The lowest BCUT2D eigenvalue weighted by molar-refractivity contribution is -0.115. The second-order valence-electron chi connectivity index (χ2n) is 11.6. The van der Waals surface area contributed by atoms with Crippen molar-refractivity contribution in [1.82, 2.24) is 8.28 Å². The van der Waals surface area contributed by atoms with Gasteiger partial charge in [0.2, 0.25) is 10.0 Å². The number of aromatic nitrogens is 1. The van der Waals surface area contributed by atoms with Crippen LogP contribution in [0.1, 0.15) is 29.7 Å². The Morgan fingerprint density at radius 1 is 0.805 bits per heavy atom. The van der Waals surface area contributed by atoms with Gasteiger partial charge in [0.05, 0.1) is 15.3 Å². The maximum Gasteiger partial charge on any atom is 0.268 e. The standard InChI is InChI=1S/C32H30N2O5S2/c1-22-7-11-26(12-8-22)40(36,37)33-18-17-31-16-15-25(35)20-29(31)32(31,21-33)30-19-24-5-3-4-6-28(24)34(30)41(38,39)27-13-9-23(2)10-14-27/h3-16,19,29H,17-18,20-21H2,1-2H3/t29-,31-,32+/m0/s1. The zero-order valence-corrected chi connectivity index (χ0v) is 24.5. The van der Waals surface area contributed by atoms with E-state index in [0.29, 0.717) is 17.6 Å². The average molecular weight is 587 g/mol. The van der Waals surface area contributed by atoms with E-state index in [-0.39, 0.29) is 41.0 Å². The Labute approximate surface area is 240 Å². The van der Waals surface area contributed by atoms with Crippen LogP contribution in [0.25, 0.3) is 10.9 Å². The van der Waals surface area contributed by atoms with Crippen LogP contribution in [0.3, 0.4) is 0 Å². The molecule has 210 valence electrons. The van der Waals surface area contributed by atoms with Crippen molar-refractivity contribution in [2.24, 2.45) is 11.3 Å². The van der Waals surface area contributed by atoms with Gasteiger partial charge in [-0.2, -0.15) is 4.31 Å². The number of rotatable bonds is 5. The molecule has 7 nitrogen and oxygen atoms in total. The molecule has 3 atom stereocenters. The molecule has 0 unspecified atom stereocenters. The minimum absolute atomic E-state index is 0.0219. The highest BCUT2D eigenvalue weighted by Gasteiger charge is 2.79. The minimum Gasteiger partial charge on any atom is -0.295 e. The summed E-state index contributed by atoms with van der Waals surface area (Å²) in [6, 6.07) is 22.8. The Balaban J connectivity index is 1.45. The summed E-state index contributed by atoms with van der Waals surface area (Å²) < 4.78 is 59.5. The van der Waals surface area contributed by atoms with Gasteiger partial charge in [-0.05, 0) is 68.7 Å². The number of nitrogens with zero attached hydrogens (tertiary/aromatic N) is 2. The van der Waals surface area contributed by atoms with Gasteiger partial charge in [0, 0.05) is 41.4 Å². The Morgan fingerprint density at radius 2 is 1.41 bits per heavy atom. The number of piperidine rings is 1. The van der Waals surface area contributed by atoms with Crippen molar-refractivity contribution >= 4 is 36.7 Å². The third kappa shape index (κ3) is 3.62. The van der Waals surface area contributed by atoms with Gasteiger partial charge in [0.25, 0.3) is 10.0 Å². The van der Waals surface area contributed by atoms with E-state index in [1.807, 2.05) is 38.1 Å². The predicted octanol–water partition coefficient (Wildman–Crippen LogP) is 4.97. The number of para-hydroxylation sites is 1. The fourth-order valence-electron chi connectivity index (χ4n) is 7.33. The third-order valence-corrected chi connectivity index (χ3v) is 13.1. The lowest BCUT2D eigenvalue weighted by atomic mass is 9.83. The molecule has 1 saturated carbocycles. The Kier molecular flexibility index (Phi) is 5.62. The number of fused-ring (bicyclic) bond motifs is 2. The molecular formula is C32H30N2O5S2. The summed E-state index contributed by atoms with van der Waals surface area (Å²) >= 11 is 0. The van der Waals surface area contributed by atoms with E-state index >= 15 is 0 Å². The molecule has 0 N–H and O–H groups in total. The van der Waals surface area contributed by atoms with Gasteiger partial charge >= 0.3 is 0 Å². The lowest BCUT2D eigenvalue weighted by Crippen LogP contribution is -2.46. The number of sulfonamides is 1. The predicted molar refractivity (Wildman–Crippen MR) is 157 cm³/mol. The average Bonchev–Trinajstić information content (AvgIpc) is 3.34. The third-order valence-electron chi connectivity index (χ3n) is 9.48. The zero-order chi connectivity index (χ0) is 28.8. The Morgan fingerprint density at radius 3 is 2.07 bits per heavy atom. The first-order chi connectivity index (χ1) is 19.5. The summed E-state index contributed by atoms with van der Waals surface area (Å²) in [6.07, 6.45) is 4.28. The maximum atomic E-state index is 14.4. The summed E-state index contributed by atoms with van der Waals surface area (Å²) in [5.74, 6) is -0.228. The number of aryl methyl sites for hydroxylation is 2. The maximum absolute atomic E-state index is 14.4. The van der Waals surface area contributed by atoms with Crippen LogP contribution in [0.2, 0.25) is 0 Å². The van der Waals surface area contributed by atoms with E-state index in [1.54, 1.807) is 66.7 Å². The SMILES string of the molecule is Cc1ccc(S(=O)(=O)N2CC[C@@]34C=CC(=O)C[C@@H]3[C@@]4(c3cc4ccccc4n3S(=O)(=O)c3ccc(C)cc3)C2)cc1. The summed E-state index contributed by atoms with van der Waals surface area (Å²) in [5, 5.41) is 0.750. The van der Waals surface area contributed by atoms with E-state index in [0.717, 1.165) is 16.5 Å². The van der Waals surface area contributed by atoms with Crippen molar-refractivity contribution in [3.05, 3.63) is 108 Å². The number of allylic oxidation sites excluding steroid dienone is 2. The van der Waals surface area contributed by atoms with Crippen molar-refractivity contribution < 1.29 is 21.6 Å². The van der Waals surface area contributed by atoms with Crippen LogP contribution in [-0.4, -0.2) is 44.0 Å². The van der Waals surface area contributed by atoms with Crippen molar-refractivity contribution in [1.29, 1.82) is 0 Å². The number of carbonyl (C=O) groups is 1. The highest BCUT2D eigenvalue weighted by Crippen LogP contribution is 2.77. The molecule has 3 aliphatic rings. The first-order valence-electron chi connectivity index (χ1n) is 13.7. The van der Waals surface area contributed by atoms with Crippen molar-refractivity contribution in [2.75, 3.05) is 13.1 Å². The van der Waals surface area contributed by atoms with Crippen LogP contribution in [0.15, 0.2) is 101 Å². The lowest BCUT2D eigenvalue weighted by Gasteiger charge is -2.36. The number of hydrogen-bond donors (Lipinski definition) is 0. The number of ketones is 1. The van der Waals surface area contributed by atoms with E-state index in [9.17, 15) is 21.6 Å². The monoisotopic (exact) mass is 586 g/mol. The van der Waals surface area contributed by atoms with E-state index in [4.69, 9.17) is 0 Å². The molecule has 1 spiro atoms. The van der Waals surface area contributed by atoms with Gasteiger partial charge in [-0.1, -0.05) is 59.7 Å². The summed E-state index contributed by atoms with van der Waals surface area (Å²) in [7, 11) is -7.92. The molecule has 7 rings (SSSR count). The number of carbonyl (C=O) groups excluding carboxylic acids is 1. The van der Waals surface area contributed by atoms with E-state index in [2.05, 4.69) is 0 Å². The molecule has 41 heavy (non-hydrogen) atoms. The zero-order valence-electron chi connectivity index (χ0n) is 22.8. The molecule has 0 amide bonds. The van der Waals surface area contributed by atoms with E-state index in [1.165, 1.54) is 8.28 Å². The highest BCUT2D eigenvalue weighted by molar-refractivity contribution is 7.90. The van der Waals surface area contributed by atoms with Gasteiger partial charge in [-0.25, -0.2) is 20.8 Å². The van der Waals surface area contributed by atoms with Gasteiger partial charge in [0.15, 0.2) is 5.78 Å². The normalized spacial score (nSPS) is 26.1. The minimum atomic E-state index is -4.06. The van der Waals surface area contributed by atoms with Crippen LogP contribution in [-0.2, 0) is 30.3 Å². The summed E-state index contributed by atoms with van der Waals surface area (Å²) in [4.78, 5) is 13.1. The molecule has 0 radical (unpaired) electrons. The van der Waals surface area contributed by atoms with Crippen LogP contribution >= 0.6 is 0 Å². The molecule has 0 bridgehead atoms. The molecule has 1 saturated heterocycles. The first kappa shape index (κ1) is 26.4. The fourth-order valence-corrected chi connectivity index (χ4v) is 10.4. The molecule has 3 aromatic carbocycles. The smallest absolute Gasteiger partial charge is 0.268 e. The topological polar surface area (TPSA) is 93.5 Å². The van der Waals surface area contributed by atoms with Gasteiger partial charge < -0.3 is 0 Å². The van der Waals surface area contributed by atoms with E-state index < -0.39 is 30.9 Å². The van der Waals surface area contributed by atoms with Crippen LogP contribution in [0, 0.1) is 25.2 Å². The van der Waals surface area contributed by atoms with Crippen molar-refractivity contribution in [2.45, 2.75) is 41.9 Å². The summed E-state index contributed by atoms with van der Waals surface area (Å²) in [6.45, 7) is 4.18. The molecular weight excluding hydrogens is 556 g/mol. The number of hydrogen-bond acceptors (Lipinski definition) is 5. The largest absolute Gasteiger partial charge is 0.295 e. The molecule has 4 aromatic rings. The highest BCUT2D eigenvalue weighted by atomic mass is 32.2. The Bertz CT molecular complexity index is 1980. The van der Waals surface area contributed by atoms with Crippen molar-refractivity contribution in [3.63, 3.8) is 0 Å². The quantitative estimate of drug-likeness (QED) is 0.329. The van der Waals surface area contributed by atoms with Crippen LogP contribution in [0.4, 0.5) is 0 Å². The second-order valence-corrected chi connectivity index (χ2v) is 15.4. The second kappa shape index (κ2) is 8.74. The van der Waals surface area contributed by atoms with Gasteiger partial charge in [-0.15, -0.1) is 0 Å². The molecule has 1 aromatic heterocycles. The first-order valence-corrected chi connectivity index (χ1v) is 16.6. The van der Waals surface area contributed by atoms with Crippen LogP contribution < -0.4 is 0 Å². The van der Waals surface area contributed by atoms with Gasteiger partial charge in [-0.3, -0.25) is 4.79 Å². The molecule has 2 aliphatic carbocycles.